The number of urea groups is 1. The van der Waals surface area contributed by atoms with E-state index in [2.05, 4.69) is 15.4 Å². The molecule has 0 unspecified atom stereocenters. The minimum absolute atomic E-state index is 0.0306. The molecular formula is C13H14F2N2O4. The van der Waals surface area contributed by atoms with Gasteiger partial charge in [0.15, 0.2) is 0 Å². The number of nitrogens with one attached hydrogen (secondary N) is 2. The van der Waals surface area contributed by atoms with Crippen LogP contribution in [-0.2, 0) is 4.79 Å². The summed E-state index contributed by atoms with van der Waals surface area (Å²) in [6, 6.07) is 4.66. The van der Waals surface area contributed by atoms with Crippen LogP contribution in [0.5, 0.6) is 5.75 Å². The van der Waals surface area contributed by atoms with Crippen molar-refractivity contribution in [2.45, 2.75) is 31.4 Å². The van der Waals surface area contributed by atoms with Crippen LogP contribution in [0.4, 0.5) is 19.3 Å². The molecule has 0 heterocycles. The topological polar surface area (TPSA) is 87.7 Å². The Balaban J connectivity index is 1.92. The Hall–Kier alpha value is -2.38. The predicted octanol–water partition coefficient (Wildman–Crippen LogP) is 2.42. The number of anilines is 1. The lowest BCUT2D eigenvalue weighted by molar-refractivity contribution is -0.148. The van der Waals surface area contributed by atoms with Crippen LogP contribution in [-0.4, -0.2) is 29.3 Å². The third-order valence-corrected chi connectivity index (χ3v) is 3.31. The van der Waals surface area contributed by atoms with Gasteiger partial charge in [0, 0.05) is 5.69 Å². The molecule has 0 spiro atoms. The average molecular weight is 300 g/mol. The zero-order valence-electron chi connectivity index (χ0n) is 10.9. The highest BCUT2D eigenvalue weighted by Gasteiger charge is 2.45. The second kappa shape index (κ2) is 5.94. The summed E-state index contributed by atoms with van der Waals surface area (Å²) >= 11 is 0. The fraction of sp³-hybridized carbons (Fsp3) is 0.385. The van der Waals surface area contributed by atoms with E-state index in [1.54, 1.807) is 0 Å². The first kappa shape index (κ1) is 15.0. The Morgan fingerprint density at radius 3 is 2.29 bits per heavy atom. The first-order valence-electron chi connectivity index (χ1n) is 6.29. The molecule has 21 heavy (non-hydrogen) atoms. The van der Waals surface area contributed by atoms with Crippen molar-refractivity contribution < 1.29 is 28.2 Å². The zero-order valence-corrected chi connectivity index (χ0v) is 10.9. The van der Waals surface area contributed by atoms with Crippen LogP contribution in [0.2, 0.25) is 0 Å². The molecule has 0 bridgehead atoms. The summed E-state index contributed by atoms with van der Waals surface area (Å²) in [7, 11) is 0. The third-order valence-electron chi connectivity index (χ3n) is 3.31. The molecule has 8 heteroatoms. The first-order chi connectivity index (χ1) is 9.91. The number of carbonyl (C=O) groups is 2. The highest BCUT2D eigenvalue weighted by molar-refractivity contribution is 5.94. The summed E-state index contributed by atoms with van der Waals surface area (Å²) in [6.07, 6.45) is 1.51. The van der Waals surface area contributed by atoms with Crippen LogP contribution in [0.3, 0.4) is 0 Å². The number of ether oxygens (including phenoxy) is 1. The molecule has 0 aromatic heterocycles. The summed E-state index contributed by atoms with van der Waals surface area (Å²) in [5, 5.41) is 14.0. The minimum atomic E-state index is -2.92. The lowest BCUT2D eigenvalue weighted by atomic mass is 9.77. The van der Waals surface area contributed by atoms with E-state index in [1.807, 2.05) is 0 Å². The number of benzene rings is 1. The molecule has 2 rings (SSSR count). The number of alkyl halides is 2. The predicted molar refractivity (Wildman–Crippen MR) is 69.4 cm³/mol. The van der Waals surface area contributed by atoms with Crippen molar-refractivity contribution in [2.75, 3.05) is 5.32 Å². The minimum Gasteiger partial charge on any atom is -0.480 e. The summed E-state index contributed by atoms with van der Waals surface area (Å²) in [5.41, 5.74) is -0.864. The molecule has 1 aliphatic carbocycles. The molecule has 1 aromatic carbocycles. The number of aliphatic carboxylic acids is 1. The van der Waals surface area contributed by atoms with Gasteiger partial charge < -0.3 is 20.5 Å². The molecule has 2 amide bonds. The third kappa shape index (κ3) is 3.59. The van der Waals surface area contributed by atoms with E-state index in [-0.39, 0.29) is 5.75 Å². The maximum absolute atomic E-state index is 12.0. The highest BCUT2D eigenvalue weighted by Crippen LogP contribution is 2.32. The Kier molecular flexibility index (Phi) is 4.25. The smallest absolute Gasteiger partial charge is 0.387 e. The van der Waals surface area contributed by atoms with E-state index in [4.69, 9.17) is 5.11 Å². The molecule has 1 aromatic rings. The molecule has 0 atom stereocenters. The van der Waals surface area contributed by atoms with Crippen LogP contribution >= 0.6 is 0 Å². The number of amides is 2. The fourth-order valence-electron chi connectivity index (χ4n) is 2.02. The highest BCUT2D eigenvalue weighted by atomic mass is 19.3. The Bertz CT molecular complexity index is 529. The Morgan fingerprint density at radius 2 is 1.86 bits per heavy atom. The van der Waals surface area contributed by atoms with Crippen molar-refractivity contribution in [2.24, 2.45) is 0 Å². The van der Waals surface area contributed by atoms with E-state index in [9.17, 15) is 18.4 Å². The van der Waals surface area contributed by atoms with Gasteiger partial charge in [-0.05, 0) is 43.5 Å². The van der Waals surface area contributed by atoms with Gasteiger partial charge in [0.25, 0.3) is 0 Å². The van der Waals surface area contributed by atoms with Crippen LogP contribution in [0, 0.1) is 0 Å². The summed E-state index contributed by atoms with van der Waals surface area (Å²) < 4.78 is 28.1. The SMILES string of the molecule is O=C(Nc1ccc(OC(F)F)cc1)NC1(C(=O)O)CCC1. The van der Waals surface area contributed by atoms with Gasteiger partial charge in [-0.25, -0.2) is 9.59 Å². The molecule has 1 aliphatic rings. The van der Waals surface area contributed by atoms with Gasteiger partial charge in [-0.1, -0.05) is 0 Å². The Labute approximate surface area is 119 Å². The number of carbonyl (C=O) groups excluding carboxylic acids is 1. The lowest BCUT2D eigenvalue weighted by Gasteiger charge is -2.38. The standard InChI is InChI=1S/C13H14F2N2O4/c14-11(15)21-9-4-2-8(3-5-9)16-12(20)17-13(10(18)19)6-1-7-13/h2-5,11H,1,6-7H2,(H,18,19)(H2,16,17,20). The second-order valence-electron chi connectivity index (χ2n) is 4.72. The normalized spacial score (nSPS) is 16.0. The van der Waals surface area contributed by atoms with Crippen LogP contribution in [0.15, 0.2) is 24.3 Å². The van der Waals surface area contributed by atoms with E-state index in [0.29, 0.717) is 18.5 Å². The van der Waals surface area contributed by atoms with E-state index >= 15 is 0 Å². The van der Waals surface area contributed by atoms with Crippen molar-refractivity contribution in [3.63, 3.8) is 0 Å². The summed E-state index contributed by atoms with van der Waals surface area (Å²) in [6.45, 7) is -2.92. The molecule has 0 saturated heterocycles. The number of halogens is 2. The molecular weight excluding hydrogens is 286 g/mol. The van der Waals surface area contributed by atoms with Gasteiger partial charge >= 0.3 is 18.6 Å². The molecule has 1 saturated carbocycles. The van der Waals surface area contributed by atoms with Crippen molar-refractivity contribution >= 4 is 17.7 Å². The molecule has 6 nitrogen and oxygen atoms in total. The second-order valence-corrected chi connectivity index (χ2v) is 4.72. The quantitative estimate of drug-likeness (QED) is 0.779. The largest absolute Gasteiger partial charge is 0.480 e. The van der Waals surface area contributed by atoms with Gasteiger partial charge in [0.1, 0.15) is 11.3 Å². The number of carboxylic acids is 1. The zero-order chi connectivity index (χ0) is 15.5. The van der Waals surface area contributed by atoms with E-state index < -0.39 is 24.2 Å². The average Bonchev–Trinajstić information content (AvgIpc) is 2.35. The van der Waals surface area contributed by atoms with Gasteiger partial charge in [-0.3, -0.25) is 0 Å². The van der Waals surface area contributed by atoms with E-state index in [0.717, 1.165) is 6.42 Å². The lowest BCUT2D eigenvalue weighted by Crippen LogP contribution is -2.60. The molecule has 0 radical (unpaired) electrons. The number of rotatable bonds is 5. The van der Waals surface area contributed by atoms with Gasteiger partial charge in [0.05, 0.1) is 0 Å². The number of carboxylic acid groups (broad SMARTS) is 1. The van der Waals surface area contributed by atoms with Gasteiger partial charge in [-0.15, -0.1) is 0 Å². The first-order valence-corrected chi connectivity index (χ1v) is 6.29. The summed E-state index contributed by atoms with van der Waals surface area (Å²) in [5.74, 6) is -1.10. The summed E-state index contributed by atoms with van der Waals surface area (Å²) in [4.78, 5) is 22.9. The maximum atomic E-state index is 12.0. The van der Waals surface area contributed by atoms with Crippen LogP contribution in [0.1, 0.15) is 19.3 Å². The van der Waals surface area contributed by atoms with Crippen molar-refractivity contribution in [1.29, 1.82) is 0 Å². The van der Waals surface area contributed by atoms with E-state index in [1.165, 1.54) is 24.3 Å². The maximum Gasteiger partial charge on any atom is 0.387 e. The van der Waals surface area contributed by atoms with Crippen LogP contribution in [0.25, 0.3) is 0 Å². The number of hydrogen-bond acceptors (Lipinski definition) is 3. The molecule has 0 aliphatic heterocycles. The van der Waals surface area contributed by atoms with Gasteiger partial charge in [0.2, 0.25) is 0 Å². The Morgan fingerprint density at radius 1 is 1.24 bits per heavy atom. The van der Waals surface area contributed by atoms with Crippen molar-refractivity contribution in [3.05, 3.63) is 24.3 Å². The molecule has 3 N–H and O–H groups in total. The fourth-order valence-corrected chi connectivity index (χ4v) is 2.02. The van der Waals surface area contributed by atoms with Crippen LogP contribution < -0.4 is 15.4 Å². The molecule has 1 fully saturated rings. The van der Waals surface area contributed by atoms with Gasteiger partial charge in [-0.2, -0.15) is 8.78 Å². The monoisotopic (exact) mass is 300 g/mol. The number of hydrogen-bond donors (Lipinski definition) is 3. The van der Waals surface area contributed by atoms with Crippen molar-refractivity contribution in [1.82, 2.24) is 5.32 Å². The molecule has 114 valence electrons. The van der Waals surface area contributed by atoms with Crippen molar-refractivity contribution in [3.8, 4) is 5.75 Å².